The highest BCUT2D eigenvalue weighted by Gasteiger charge is 2.32. The molecule has 118 valence electrons. The van der Waals surface area contributed by atoms with Crippen LogP contribution in [0.5, 0.6) is 0 Å². The minimum absolute atomic E-state index is 0.126. The summed E-state index contributed by atoms with van der Waals surface area (Å²) in [6.45, 7) is 2.87. The highest BCUT2D eigenvalue weighted by atomic mass is 19.4. The van der Waals surface area contributed by atoms with Gasteiger partial charge in [0.05, 0.1) is 12.1 Å². The normalized spacial score (nSPS) is 11.3. The lowest BCUT2D eigenvalue weighted by Crippen LogP contribution is -2.22. The van der Waals surface area contributed by atoms with Crippen LogP contribution in [0.15, 0.2) is 28.8 Å². The van der Waals surface area contributed by atoms with Crippen LogP contribution in [0, 0.1) is 13.8 Å². The molecule has 0 bridgehead atoms. The standard InChI is InChI=1S/C14H14F3N3O2/c1-8-3-4-10(6-11(8)14(15,16)17)18-7-13(21)19-12-5-9(2)22-20-12/h3-6,18H,7H2,1-2H3,(H,19,20,21). The fourth-order valence-corrected chi connectivity index (χ4v) is 1.83. The lowest BCUT2D eigenvalue weighted by Gasteiger charge is -2.13. The van der Waals surface area contributed by atoms with Crippen molar-refractivity contribution >= 4 is 17.4 Å². The molecular formula is C14H14F3N3O2. The quantitative estimate of drug-likeness (QED) is 0.908. The zero-order valence-electron chi connectivity index (χ0n) is 11.9. The molecule has 8 heteroatoms. The molecule has 0 fully saturated rings. The van der Waals surface area contributed by atoms with Crippen LogP contribution in [0.4, 0.5) is 24.7 Å². The highest BCUT2D eigenvalue weighted by molar-refractivity contribution is 5.92. The van der Waals surface area contributed by atoms with Crippen LogP contribution in [0.25, 0.3) is 0 Å². The fourth-order valence-electron chi connectivity index (χ4n) is 1.83. The number of hydrogen-bond donors (Lipinski definition) is 2. The first-order valence-electron chi connectivity index (χ1n) is 6.40. The molecule has 2 rings (SSSR count). The molecule has 5 nitrogen and oxygen atoms in total. The molecule has 1 aromatic heterocycles. The van der Waals surface area contributed by atoms with Crippen molar-refractivity contribution in [2.45, 2.75) is 20.0 Å². The monoisotopic (exact) mass is 313 g/mol. The van der Waals surface area contributed by atoms with Gasteiger partial charge in [0.1, 0.15) is 5.76 Å². The Balaban J connectivity index is 1.98. The van der Waals surface area contributed by atoms with E-state index in [-0.39, 0.29) is 23.6 Å². The maximum atomic E-state index is 12.8. The number of amides is 1. The number of carbonyl (C=O) groups excluding carboxylic acids is 1. The molecule has 22 heavy (non-hydrogen) atoms. The highest BCUT2D eigenvalue weighted by Crippen LogP contribution is 2.33. The molecule has 0 atom stereocenters. The number of hydrogen-bond acceptors (Lipinski definition) is 4. The van der Waals surface area contributed by atoms with E-state index in [4.69, 9.17) is 4.52 Å². The first kappa shape index (κ1) is 15.9. The van der Waals surface area contributed by atoms with Crippen molar-refractivity contribution in [3.8, 4) is 0 Å². The molecule has 2 N–H and O–H groups in total. The summed E-state index contributed by atoms with van der Waals surface area (Å²) in [6.07, 6.45) is -4.43. The zero-order chi connectivity index (χ0) is 16.3. The number of anilines is 2. The number of halogens is 3. The van der Waals surface area contributed by atoms with E-state index < -0.39 is 17.6 Å². The molecule has 1 amide bonds. The second-order valence-corrected chi connectivity index (χ2v) is 4.75. The Morgan fingerprint density at radius 3 is 2.59 bits per heavy atom. The molecule has 0 aliphatic heterocycles. The third kappa shape index (κ3) is 4.00. The van der Waals surface area contributed by atoms with Gasteiger partial charge in [-0.15, -0.1) is 0 Å². The van der Waals surface area contributed by atoms with Crippen LogP contribution in [-0.4, -0.2) is 17.6 Å². The average Bonchev–Trinajstić information content (AvgIpc) is 2.82. The van der Waals surface area contributed by atoms with Crippen molar-refractivity contribution in [3.05, 3.63) is 41.2 Å². The third-order valence-electron chi connectivity index (χ3n) is 2.89. The molecule has 0 unspecified atom stereocenters. The first-order valence-corrected chi connectivity index (χ1v) is 6.40. The van der Waals surface area contributed by atoms with Crippen molar-refractivity contribution in [1.29, 1.82) is 0 Å². The lowest BCUT2D eigenvalue weighted by molar-refractivity contribution is -0.138. The number of nitrogens with one attached hydrogen (secondary N) is 2. The molecule has 1 heterocycles. The predicted octanol–water partition coefficient (Wildman–Crippen LogP) is 3.36. The van der Waals surface area contributed by atoms with Gasteiger partial charge in [-0.3, -0.25) is 4.79 Å². The molecular weight excluding hydrogens is 299 g/mol. The summed E-state index contributed by atoms with van der Waals surface area (Å²) in [6, 6.07) is 5.34. The van der Waals surface area contributed by atoms with E-state index in [0.717, 1.165) is 6.07 Å². The van der Waals surface area contributed by atoms with E-state index in [0.29, 0.717) is 5.76 Å². The number of aromatic nitrogens is 1. The minimum atomic E-state index is -4.43. The summed E-state index contributed by atoms with van der Waals surface area (Å²) in [5.74, 6) is 0.350. The van der Waals surface area contributed by atoms with Crippen LogP contribution in [0.3, 0.4) is 0 Å². The largest absolute Gasteiger partial charge is 0.416 e. The van der Waals surface area contributed by atoms with Crippen molar-refractivity contribution in [3.63, 3.8) is 0 Å². The van der Waals surface area contributed by atoms with Crippen LogP contribution >= 0.6 is 0 Å². The predicted molar refractivity (Wildman–Crippen MR) is 74.5 cm³/mol. The van der Waals surface area contributed by atoms with Gasteiger partial charge >= 0.3 is 6.18 Å². The summed E-state index contributed by atoms with van der Waals surface area (Å²) >= 11 is 0. The van der Waals surface area contributed by atoms with Gasteiger partial charge < -0.3 is 15.2 Å². The Bertz CT molecular complexity index is 680. The van der Waals surface area contributed by atoms with Crippen molar-refractivity contribution in [2.24, 2.45) is 0 Å². The van der Waals surface area contributed by atoms with E-state index >= 15 is 0 Å². The number of benzene rings is 1. The zero-order valence-corrected chi connectivity index (χ0v) is 11.9. The van der Waals surface area contributed by atoms with Gasteiger partial charge in [-0.1, -0.05) is 11.2 Å². The molecule has 0 aliphatic rings. The summed E-state index contributed by atoms with van der Waals surface area (Å²) in [5.41, 5.74) is -0.394. The van der Waals surface area contributed by atoms with E-state index in [1.165, 1.54) is 25.1 Å². The fraction of sp³-hybridized carbons (Fsp3) is 0.286. The van der Waals surface area contributed by atoms with Crippen molar-refractivity contribution < 1.29 is 22.5 Å². The average molecular weight is 313 g/mol. The topological polar surface area (TPSA) is 67.2 Å². The Morgan fingerprint density at radius 1 is 1.27 bits per heavy atom. The maximum Gasteiger partial charge on any atom is 0.416 e. The van der Waals surface area contributed by atoms with Crippen LogP contribution in [0.1, 0.15) is 16.9 Å². The summed E-state index contributed by atoms with van der Waals surface area (Å²) in [5, 5.41) is 8.69. The second-order valence-electron chi connectivity index (χ2n) is 4.75. The summed E-state index contributed by atoms with van der Waals surface area (Å²) in [4.78, 5) is 11.7. The van der Waals surface area contributed by atoms with Gasteiger partial charge in [-0.25, -0.2) is 0 Å². The summed E-state index contributed by atoms with van der Waals surface area (Å²) < 4.78 is 43.2. The molecule has 0 saturated heterocycles. The Morgan fingerprint density at radius 2 is 2.00 bits per heavy atom. The molecule has 1 aromatic carbocycles. The molecule has 0 radical (unpaired) electrons. The van der Waals surface area contributed by atoms with Gasteiger partial charge in [0.2, 0.25) is 5.91 Å². The lowest BCUT2D eigenvalue weighted by atomic mass is 10.1. The van der Waals surface area contributed by atoms with Crippen molar-refractivity contribution in [1.82, 2.24) is 5.16 Å². The molecule has 0 saturated carbocycles. The number of carbonyl (C=O) groups is 1. The van der Waals surface area contributed by atoms with Crippen molar-refractivity contribution in [2.75, 3.05) is 17.2 Å². The number of aryl methyl sites for hydroxylation is 2. The third-order valence-corrected chi connectivity index (χ3v) is 2.89. The van der Waals surface area contributed by atoms with Crippen LogP contribution in [-0.2, 0) is 11.0 Å². The smallest absolute Gasteiger partial charge is 0.376 e. The van der Waals surface area contributed by atoms with Gasteiger partial charge in [-0.2, -0.15) is 13.2 Å². The van der Waals surface area contributed by atoms with Crippen LogP contribution in [0.2, 0.25) is 0 Å². The SMILES string of the molecule is Cc1cc(NC(=O)CNc2ccc(C)c(C(F)(F)F)c2)no1. The van der Waals surface area contributed by atoms with Gasteiger partial charge in [-0.05, 0) is 31.5 Å². The van der Waals surface area contributed by atoms with Gasteiger partial charge in [0, 0.05) is 11.8 Å². The molecule has 0 spiro atoms. The Hall–Kier alpha value is -2.51. The molecule has 0 aliphatic carbocycles. The number of rotatable bonds is 4. The van der Waals surface area contributed by atoms with E-state index in [2.05, 4.69) is 15.8 Å². The van der Waals surface area contributed by atoms with E-state index in [1.54, 1.807) is 6.92 Å². The molecule has 2 aromatic rings. The Labute approximate surface area is 124 Å². The van der Waals surface area contributed by atoms with E-state index in [9.17, 15) is 18.0 Å². The minimum Gasteiger partial charge on any atom is -0.376 e. The first-order chi connectivity index (χ1) is 10.3. The van der Waals surface area contributed by atoms with Gasteiger partial charge in [0.25, 0.3) is 0 Å². The number of nitrogens with zero attached hydrogens (tertiary/aromatic N) is 1. The maximum absolute atomic E-state index is 12.8. The van der Waals surface area contributed by atoms with Crippen LogP contribution < -0.4 is 10.6 Å². The number of alkyl halides is 3. The Kier molecular flexibility index (Phi) is 4.39. The van der Waals surface area contributed by atoms with E-state index in [1.807, 2.05) is 0 Å². The summed E-state index contributed by atoms with van der Waals surface area (Å²) in [7, 11) is 0. The van der Waals surface area contributed by atoms with Gasteiger partial charge in [0.15, 0.2) is 5.82 Å². The second kappa shape index (κ2) is 6.08.